The zero-order valence-electron chi connectivity index (χ0n) is 15.5. The first-order valence-electron chi connectivity index (χ1n) is 8.07. The Morgan fingerprint density at radius 2 is 1.63 bits per heavy atom. The van der Waals surface area contributed by atoms with Crippen molar-refractivity contribution in [2.24, 2.45) is 5.92 Å². The van der Waals surface area contributed by atoms with Crippen molar-refractivity contribution in [3.63, 3.8) is 0 Å². The fraction of sp³-hybridized carbons (Fsp3) is 0.471. The molecule has 2 amide bonds. The van der Waals surface area contributed by atoms with Gasteiger partial charge in [0.2, 0.25) is 5.91 Å². The Bertz CT molecular complexity index is 708. The molecule has 0 radical (unpaired) electrons. The number of aliphatic hydroxyl groups is 1. The van der Waals surface area contributed by atoms with Gasteiger partial charge in [-0.25, -0.2) is 4.79 Å². The van der Waals surface area contributed by atoms with Gasteiger partial charge in [-0.05, 0) is 31.4 Å². The first kappa shape index (κ1) is 24.5. The maximum atomic E-state index is 12.4. The summed E-state index contributed by atoms with van der Waals surface area (Å²) in [5.74, 6) is -3.50. The van der Waals surface area contributed by atoms with E-state index in [4.69, 9.17) is 10.8 Å². The second-order valence-electron chi connectivity index (χ2n) is 6.45. The molecule has 0 saturated heterocycles. The number of halogens is 1. The van der Waals surface area contributed by atoms with Gasteiger partial charge in [0.25, 0.3) is 5.91 Å². The molecule has 1 rings (SSSR count). The number of hydrogen-bond acceptors (Lipinski definition) is 6. The quantitative estimate of drug-likeness (QED) is 0.283. The van der Waals surface area contributed by atoms with E-state index < -0.39 is 41.9 Å². The number of nitrogens with two attached hydrogens (primary N) is 1. The van der Waals surface area contributed by atoms with Crippen molar-refractivity contribution in [2.45, 2.75) is 45.9 Å². The molecular weight excluding hydrogens is 378 g/mol. The Balaban J connectivity index is 0.00000676. The van der Waals surface area contributed by atoms with Gasteiger partial charge in [-0.1, -0.05) is 19.9 Å². The molecule has 3 atom stereocenters. The Morgan fingerprint density at radius 3 is 2.07 bits per heavy atom. The number of nitrogens with one attached hydrogen (secondary N) is 2. The predicted molar refractivity (Wildman–Crippen MR) is 102 cm³/mol. The third kappa shape index (κ3) is 6.00. The number of aryl methyl sites for hydroxylation is 1. The summed E-state index contributed by atoms with van der Waals surface area (Å²) in [7, 11) is 0. The third-order valence-corrected chi connectivity index (χ3v) is 3.95. The van der Waals surface area contributed by atoms with E-state index in [9.17, 15) is 24.6 Å². The lowest BCUT2D eigenvalue weighted by Gasteiger charge is -2.25. The Kier molecular flexibility index (Phi) is 9.05. The number of rotatable bonds is 7. The second kappa shape index (κ2) is 9.98. The number of aromatic hydroxyl groups is 1. The number of aliphatic carboxylic acids is 1. The molecule has 0 aliphatic rings. The van der Waals surface area contributed by atoms with Crippen molar-refractivity contribution in [1.82, 2.24) is 10.6 Å². The lowest BCUT2D eigenvalue weighted by Crippen LogP contribution is -2.56. The number of carbonyl (C=O) groups is 3. The minimum absolute atomic E-state index is 0. The lowest BCUT2D eigenvalue weighted by molar-refractivity contribution is -0.143. The average Bonchev–Trinajstić information content (AvgIpc) is 2.54. The molecule has 10 heteroatoms. The highest BCUT2D eigenvalue weighted by Crippen LogP contribution is 2.27. The van der Waals surface area contributed by atoms with Crippen LogP contribution in [-0.4, -0.2) is 51.3 Å². The van der Waals surface area contributed by atoms with Crippen molar-refractivity contribution >= 4 is 35.9 Å². The summed E-state index contributed by atoms with van der Waals surface area (Å²) in [6.45, 7) is 6.12. The van der Waals surface area contributed by atoms with E-state index >= 15 is 0 Å². The van der Waals surface area contributed by atoms with Crippen LogP contribution in [0.4, 0.5) is 5.69 Å². The SMILES string of the molecule is Cc1ccc(C(=O)NC(C(=O)NC(C(=O)O)C(C)C)C(C)O)c(N)c1O.Cl. The number of phenols is 1. The molecule has 152 valence electrons. The first-order valence-corrected chi connectivity index (χ1v) is 8.07. The number of amides is 2. The molecule has 0 fully saturated rings. The highest BCUT2D eigenvalue weighted by atomic mass is 35.5. The van der Waals surface area contributed by atoms with E-state index in [0.29, 0.717) is 5.56 Å². The molecule has 0 aliphatic carbocycles. The molecule has 0 heterocycles. The summed E-state index contributed by atoms with van der Waals surface area (Å²) >= 11 is 0. The van der Waals surface area contributed by atoms with Crippen LogP contribution in [0.25, 0.3) is 0 Å². The van der Waals surface area contributed by atoms with E-state index in [1.165, 1.54) is 19.1 Å². The number of carbonyl (C=O) groups excluding carboxylic acids is 2. The number of nitrogen functional groups attached to an aromatic ring is 1. The highest BCUT2D eigenvalue weighted by molar-refractivity contribution is 6.03. The fourth-order valence-electron chi connectivity index (χ4n) is 2.30. The van der Waals surface area contributed by atoms with Crippen molar-refractivity contribution in [2.75, 3.05) is 5.73 Å². The number of hydrogen-bond donors (Lipinski definition) is 6. The maximum absolute atomic E-state index is 12.4. The molecule has 27 heavy (non-hydrogen) atoms. The summed E-state index contributed by atoms with van der Waals surface area (Å²) < 4.78 is 0. The summed E-state index contributed by atoms with van der Waals surface area (Å²) in [6.07, 6.45) is -1.29. The molecule has 1 aromatic rings. The van der Waals surface area contributed by atoms with Crippen molar-refractivity contribution in [3.05, 3.63) is 23.3 Å². The van der Waals surface area contributed by atoms with Gasteiger partial charge >= 0.3 is 5.97 Å². The number of anilines is 1. The van der Waals surface area contributed by atoms with Crippen LogP contribution < -0.4 is 16.4 Å². The summed E-state index contributed by atoms with van der Waals surface area (Å²) in [4.78, 5) is 36.0. The number of carboxylic acids is 1. The monoisotopic (exact) mass is 403 g/mol. The van der Waals surface area contributed by atoms with E-state index in [1.54, 1.807) is 20.8 Å². The number of phenolic OH excluding ortho intramolecular Hbond substituents is 1. The molecule has 0 spiro atoms. The van der Waals surface area contributed by atoms with Gasteiger partial charge in [-0.2, -0.15) is 0 Å². The zero-order valence-corrected chi connectivity index (χ0v) is 16.3. The molecule has 0 aliphatic heterocycles. The largest absolute Gasteiger partial charge is 0.505 e. The average molecular weight is 404 g/mol. The predicted octanol–water partition coefficient (Wildman–Crippen LogP) is 0.409. The van der Waals surface area contributed by atoms with Crippen LogP contribution in [-0.2, 0) is 9.59 Å². The van der Waals surface area contributed by atoms with Crippen LogP contribution in [0.15, 0.2) is 12.1 Å². The lowest BCUT2D eigenvalue weighted by atomic mass is 10.0. The number of aliphatic hydroxyl groups excluding tert-OH is 1. The van der Waals surface area contributed by atoms with Crippen molar-refractivity contribution in [3.8, 4) is 5.75 Å². The standard InChI is InChI=1S/C17H25N3O6.ClH/c1-7(2)12(17(25)26)19-16(24)13(9(4)21)20-15(23)10-6-5-8(3)14(22)11(10)18;/h5-7,9,12-13,21-22H,18H2,1-4H3,(H,19,24)(H,20,23)(H,25,26);1H. The van der Waals surface area contributed by atoms with Crippen LogP contribution in [0.1, 0.15) is 36.7 Å². The number of benzene rings is 1. The van der Waals surface area contributed by atoms with Gasteiger partial charge in [-0.3, -0.25) is 9.59 Å². The molecule has 9 nitrogen and oxygen atoms in total. The van der Waals surface area contributed by atoms with E-state index in [-0.39, 0.29) is 29.4 Å². The normalized spacial score (nSPS) is 13.9. The third-order valence-electron chi connectivity index (χ3n) is 3.95. The molecule has 1 aromatic carbocycles. The molecular formula is C17H26ClN3O6. The maximum Gasteiger partial charge on any atom is 0.326 e. The molecule has 0 saturated carbocycles. The van der Waals surface area contributed by atoms with Crippen LogP contribution >= 0.6 is 12.4 Å². The van der Waals surface area contributed by atoms with Crippen LogP contribution in [0.5, 0.6) is 5.75 Å². The minimum Gasteiger partial charge on any atom is -0.505 e. The molecule has 0 aromatic heterocycles. The summed E-state index contributed by atoms with van der Waals surface area (Å²) in [5.41, 5.74) is 5.98. The first-order chi connectivity index (χ1) is 12.0. The van der Waals surface area contributed by atoms with Crippen LogP contribution in [0, 0.1) is 12.8 Å². The molecule has 7 N–H and O–H groups in total. The fourth-order valence-corrected chi connectivity index (χ4v) is 2.30. The van der Waals surface area contributed by atoms with Gasteiger partial charge in [0.15, 0.2) is 0 Å². The van der Waals surface area contributed by atoms with Gasteiger partial charge < -0.3 is 31.7 Å². The van der Waals surface area contributed by atoms with Crippen molar-refractivity contribution < 1.29 is 29.7 Å². The highest BCUT2D eigenvalue weighted by Gasteiger charge is 2.31. The Hall–Kier alpha value is -2.52. The van der Waals surface area contributed by atoms with Gasteiger partial charge in [-0.15, -0.1) is 12.4 Å². The van der Waals surface area contributed by atoms with Crippen LogP contribution in [0.2, 0.25) is 0 Å². The van der Waals surface area contributed by atoms with E-state index in [2.05, 4.69) is 10.6 Å². The van der Waals surface area contributed by atoms with Gasteiger partial charge in [0.1, 0.15) is 17.8 Å². The number of carboxylic acid groups (broad SMARTS) is 1. The summed E-state index contributed by atoms with van der Waals surface area (Å²) in [6, 6.07) is 0.294. The van der Waals surface area contributed by atoms with Crippen molar-refractivity contribution in [1.29, 1.82) is 0 Å². The minimum atomic E-state index is -1.40. The molecule has 3 unspecified atom stereocenters. The van der Waals surface area contributed by atoms with Gasteiger partial charge in [0.05, 0.1) is 17.4 Å². The van der Waals surface area contributed by atoms with Crippen LogP contribution in [0.3, 0.4) is 0 Å². The Labute approximate surface area is 163 Å². The topological polar surface area (TPSA) is 162 Å². The summed E-state index contributed by atoms with van der Waals surface area (Å²) in [5, 5.41) is 33.4. The van der Waals surface area contributed by atoms with Gasteiger partial charge in [0, 0.05) is 0 Å². The van der Waals surface area contributed by atoms with E-state index in [0.717, 1.165) is 0 Å². The smallest absolute Gasteiger partial charge is 0.326 e. The molecule has 0 bridgehead atoms. The Morgan fingerprint density at radius 1 is 1.07 bits per heavy atom. The second-order valence-corrected chi connectivity index (χ2v) is 6.45. The van der Waals surface area contributed by atoms with E-state index in [1.807, 2.05) is 0 Å². The zero-order chi connectivity index (χ0) is 20.2.